The number of amides is 1. The summed E-state index contributed by atoms with van der Waals surface area (Å²) in [5.41, 5.74) is 1.12. The van der Waals surface area contributed by atoms with Crippen LogP contribution in [0.15, 0.2) is 24.3 Å². The molecule has 1 rings (SSSR count). The molecule has 0 spiro atoms. The smallest absolute Gasteiger partial charge is 0.219 e. The Morgan fingerprint density at radius 2 is 1.90 bits per heavy atom. The molecule has 112 valence electrons. The minimum absolute atomic E-state index is 0.113. The molecule has 4 heteroatoms. The zero-order chi connectivity index (χ0) is 14.6. The van der Waals surface area contributed by atoms with Crippen LogP contribution in [0.5, 0.6) is 0 Å². The predicted octanol–water partition coefficient (Wildman–Crippen LogP) is 3.08. The molecule has 0 saturated heterocycles. The van der Waals surface area contributed by atoms with Gasteiger partial charge in [0.25, 0.3) is 0 Å². The van der Waals surface area contributed by atoms with E-state index in [0.717, 1.165) is 50.8 Å². The summed E-state index contributed by atoms with van der Waals surface area (Å²) in [5, 5.41) is 2.90. The van der Waals surface area contributed by atoms with E-state index in [1.165, 1.54) is 12.1 Å². The van der Waals surface area contributed by atoms with Gasteiger partial charge in [-0.3, -0.25) is 4.79 Å². The van der Waals surface area contributed by atoms with Crippen LogP contribution in [0.25, 0.3) is 0 Å². The van der Waals surface area contributed by atoms with Crippen LogP contribution in [-0.4, -0.2) is 26.2 Å². The van der Waals surface area contributed by atoms with Crippen molar-refractivity contribution in [2.45, 2.75) is 38.5 Å². The van der Waals surface area contributed by atoms with E-state index in [1.54, 1.807) is 19.2 Å². The van der Waals surface area contributed by atoms with Crippen LogP contribution in [0.2, 0.25) is 0 Å². The van der Waals surface area contributed by atoms with E-state index >= 15 is 0 Å². The van der Waals surface area contributed by atoms with Gasteiger partial charge in [0.2, 0.25) is 5.91 Å². The highest BCUT2D eigenvalue weighted by atomic mass is 19.1. The summed E-state index contributed by atoms with van der Waals surface area (Å²) in [6, 6.07) is 6.54. The molecule has 1 aromatic carbocycles. The summed E-state index contributed by atoms with van der Waals surface area (Å²) in [5.74, 6) is -0.0943. The topological polar surface area (TPSA) is 38.3 Å². The maximum Gasteiger partial charge on any atom is 0.219 e. The van der Waals surface area contributed by atoms with Crippen molar-refractivity contribution in [1.82, 2.24) is 5.32 Å². The van der Waals surface area contributed by atoms with E-state index in [-0.39, 0.29) is 11.7 Å². The number of halogens is 1. The Morgan fingerprint density at radius 3 is 2.60 bits per heavy atom. The molecular weight excluding hydrogens is 257 g/mol. The van der Waals surface area contributed by atoms with E-state index in [4.69, 9.17) is 4.74 Å². The minimum atomic E-state index is -0.207. The van der Waals surface area contributed by atoms with Crippen molar-refractivity contribution in [2.75, 3.05) is 20.3 Å². The van der Waals surface area contributed by atoms with Gasteiger partial charge in [-0.25, -0.2) is 4.39 Å². The summed E-state index contributed by atoms with van der Waals surface area (Å²) < 4.78 is 17.7. The van der Waals surface area contributed by atoms with E-state index in [0.29, 0.717) is 6.42 Å². The van der Waals surface area contributed by atoms with Gasteiger partial charge in [-0.15, -0.1) is 0 Å². The van der Waals surface area contributed by atoms with Gasteiger partial charge in [0, 0.05) is 26.7 Å². The van der Waals surface area contributed by atoms with Crippen LogP contribution in [0.3, 0.4) is 0 Å². The van der Waals surface area contributed by atoms with Gasteiger partial charge in [0.1, 0.15) is 5.82 Å². The van der Waals surface area contributed by atoms with Crippen molar-refractivity contribution in [3.63, 3.8) is 0 Å². The Labute approximate surface area is 120 Å². The molecule has 0 heterocycles. The Hall–Kier alpha value is -1.42. The molecule has 0 saturated carbocycles. The fourth-order valence-electron chi connectivity index (χ4n) is 1.95. The Morgan fingerprint density at radius 1 is 1.15 bits per heavy atom. The standard InChI is InChI=1S/C16H24FNO2/c1-20-13-5-4-12-18-16(19)7-3-2-6-14-8-10-15(17)11-9-14/h8-11H,2-7,12-13H2,1H3,(H,18,19). The van der Waals surface area contributed by atoms with E-state index in [9.17, 15) is 9.18 Å². The van der Waals surface area contributed by atoms with Crippen LogP contribution in [0.4, 0.5) is 4.39 Å². The third-order valence-electron chi connectivity index (χ3n) is 3.13. The maximum absolute atomic E-state index is 12.7. The third kappa shape index (κ3) is 7.89. The van der Waals surface area contributed by atoms with Gasteiger partial charge >= 0.3 is 0 Å². The van der Waals surface area contributed by atoms with Gasteiger partial charge in [-0.05, 0) is 49.8 Å². The van der Waals surface area contributed by atoms with Crippen molar-refractivity contribution < 1.29 is 13.9 Å². The molecule has 0 atom stereocenters. The Kier molecular flexibility index (Phi) is 8.63. The van der Waals surface area contributed by atoms with Gasteiger partial charge < -0.3 is 10.1 Å². The summed E-state index contributed by atoms with van der Waals surface area (Å²) in [6.45, 7) is 1.47. The number of aryl methyl sites for hydroxylation is 1. The first-order valence-electron chi connectivity index (χ1n) is 7.22. The number of hydrogen-bond donors (Lipinski definition) is 1. The SMILES string of the molecule is COCCCCNC(=O)CCCCc1ccc(F)cc1. The van der Waals surface area contributed by atoms with Crippen LogP contribution in [-0.2, 0) is 16.0 Å². The van der Waals surface area contributed by atoms with Crippen LogP contribution >= 0.6 is 0 Å². The molecule has 20 heavy (non-hydrogen) atoms. The molecule has 0 aliphatic carbocycles. The minimum Gasteiger partial charge on any atom is -0.385 e. The van der Waals surface area contributed by atoms with Gasteiger partial charge in [-0.2, -0.15) is 0 Å². The monoisotopic (exact) mass is 281 g/mol. The number of unbranched alkanes of at least 4 members (excludes halogenated alkanes) is 2. The predicted molar refractivity (Wildman–Crippen MR) is 78.1 cm³/mol. The van der Waals surface area contributed by atoms with Crippen molar-refractivity contribution in [1.29, 1.82) is 0 Å². The zero-order valence-corrected chi connectivity index (χ0v) is 12.2. The second kappa shape index (κ2) is 10.4. The second-order valence-corrected chi connectivity index (χ2v) is 4.88. The van der Waals surface area contributed by atoms with Crippen LogP contribution in [0.1, 0.15) is 37.7 Å². The van der Waals surface area contributed by atoms with Gasteiger partial charge in [0.05, 0.1) is 0 Å². The average Bonchev–Trinajstić information content (AvgIpc) is 2.45. The number of ether oxygens (including phenoxy) is 1. The number of nitrogens with one attached hydrogen (secondary N) is 1. The van der Waals surface area contributed by atoms with Crippen LogP contribution < -0.4 is 5.32 Å². The molecular formula is C16H24FNO2. The van der Waals surface area contributed by atoms with Crippen molar-refractivity contribution in [3.05, 3.63) is 35.6 Å². The van der Waals surface area contributed by atoms with Gasteiger partial charge in [0.15, 0.2) is 0 Å². The molecule has 0 aliphatic rings. The number of hydrogen-bond acceptors (Lipinski definition) is 2. The van der Waals surface area contributed by atoms with Gasteiger partial charge in [-0.1, -0.05) is 12.1 Å². The summed E-state index contributed by atoms with van der Waals surface area (Å²) >= 11 is 0. The molecule has 0 aliphatic heterocycles. The Balaban J connectivity index is 2.00. The Bertz CT molecular complexity index is 379. The van der Waals surface area contributed by atoms with E-state index in [1.807, 2.05) is 0 Å². The molecule has 1 N–H and O–H groups in total. The highest BCUT2D eigenvalue weighted by Crippen LogP contribution is 2.08. The fourth-order valence-corrected chi connectivity index (χ4v) is 1.95. The summed E-state index contributed by atoms with van der Waals surface area (Å²) in [7, 11) is 1.68. The largest absolute Gasteiger partial charge is 0.385 e. The first-order valence-corrected chi connectivity index (χ1v) is 7.22. The highest BCUT2D eigenvalue weighted by molar-refractivity contribution is 5.75. The van der Waals surface area contributed by atoms with Crippen molar-refractivity contribution >= 4 is 5.91 Å². The maximum atomic E-state index is 12.7. The fraction of sp³-hybridized carbons (Fsp3) is 0.562. The quantitative estimate of drug-likeness (QED) is 0.669. The van der Waals surface area contributed by atoms with Crippen molar-refractivity contribution in [2.24, 2.45) is 0 Å². The zero-order valence-electron chi connectivity index (χ0n) is 12.2. The molecule has 1 aromatic rings. The molecule has 3 nitrogen and oxygen atoms in total. The number of carbonyl (C=O) groups is 1. The normalized spacial score (nSPS) is 10.5. The third-order valence-corrected chi connectivity index (χ3v) is 3.13. The lowest BCUT2D eigenvalue weighted by atomic mass is 10.1. The van der Waals surface area contributed by atoms with Crippen molar-refractivity contribution in [3.8, 4) is 0 Å². The first-order chi connectivity index (χ1) is 9.72. The number of carbonyl (C=O) groups excluding carboxylic acids is 1. The molecule has 0 unspecified atom stereocenters. The van der Waals surface area contributed by atoms with Crippen LogP contribution in [0, 0.1) is 5.82 Å². The lowest BCUT2D eigenvalue weighted by molar-refractivity contribution is -0.121. The first kappa shape index (κ1) is 16.6. The van der Waals surface area contributed by atoms with E-state index < -0.39 is 0 Å². The summed E-state index contributed by atoms with van der Waals surface area (Å²) in [6.07, 6.45) is 5.19. The number of benzene rings is 1. The van der Waals surface area contributed by atoms with E-state index in [2.05, 4.69) is 5.32 Å². The molecule has 0 aromatic heterocycles. The summed E-state index contributed by atoms with van der Waals surface area (Å²) in [4.78, 5) is 11.5. The highest BCUT2D eigenvalue weighted by Gasteiger charge is 2.01. The average molecular weight is 281 g/mol. The molecule has 0 radical (unpaired) electrons. The lowest BCUT2D eigenvalue weighted by Crippen LogP contribution is -2.24. The second-order valence-electron chi connectivity index (χ2n) is 4.88. The molecule has 0 fully saturated rings. The number of methoxy groups -OCH3 is 1. The number of rotatable bonds is 10. The molecule has 1 amide bonds. The molecule has 0 bridgehead atoms. The lowest BCUT2D eigenvalue weighted by Gasteiger charge is -2.05.